The van der Waals surface area contributed by atoms with E-state index >= 15 is 0 Å². The molecule has 0 saturated heterocycles. The summed E-state index contributed by atoms with van der Waals surface area (Å²) in [6.07, 6.45) is 0. The lowest BCUT2D eigenvalue weighted by Gasteiger charge is -2.29. The van der Waals surface area contributed by atoms with Crippen LogP contribution in [0.5, 0.6) is 0 Å². The molecule has 10 aromatic carbocycles. The molecule has 3 heteroatoms. The molecule has 0 bridgehead atoms. The SMILES string of the molecule is CC(C)c1ccc(N(c2ccccc2)c2ccc3cc4c(cc3c2)oc2cc3cc(N(c5ccccc5)c5ccc(C(C)C)cc5-c5ccccc5)ccc3cc24)c(-c2ccccc2)c1. The Labute approximate surface area is 381 Å². The second-order valence-corrected chi connectivity index (χ2v) is 17.8. The fourth-order valence-electron chi connectivity index (χ4n) is 9.44. The summed E-state index contributed by atoms with van der Waals surface area (Å²) in [5, 5.41) is 6.82. The molecule has 0 atom stereocenters. The van der Waals surface area contributed by atoms with Crippen molar-refractivity contribution in [1.82, 2.24) is 0 Å². The van der Waals surface area contributed by atoms with Crippen molar-refractivity contribution < 1.29 is 4.42 Å². The first-order valence-electron chi connectivity index (χ1n) is 22.8. The van der Waals surface area contributed by atoms with Gasteiger partial charge in [-0.05, 0) is 153 Å². The van der Waals surface area contributed by atoms with Gasteiger partial charge in [0.05, 0.1) is 11.4 Å². The Morgan fingerprint density at radius 1 is 0.323 bits per heavy atom. The first-order chi connectivity index (χ1) is 31.9. The van der Waals surface area contributed by atoms with E-state index in [-0.39, 0.29) is 0 Å². The maximum Gasteiger partial charge on any atom is 0.136 e. The van der Waals surface area contributed by atoms with Gasteiger partial charge in [0.15, 0.2) is 0 Å². The second kappa shape index (κ2) is 16.7. The fourth-order valence-corrected chi connectivity index (χ4v) is 9.44. The molecule has 0 amide bonds. The highest BCUT2D eigenvalue weighted by Crippen LogP contribution is 2.46. The van der Waals surface area contributed by atoms with Crippen LogP contribution < -0.4 is 9.80 Å². The third-order valence-corrected chi connectivity index (χ3v) is 12.9. The smallest absolute Gasteiger partial charge is 0.136 e. The summed E-state index contributed by atoms with van der Waals surface area (Å²) in [5.41, 5.74) is 15.8. The van der Waals surface area contributed by atoms with E-state index in [0.717, 1.165) is 66.8 Å². The van der Waals surface area contributed by atoms with E-state index in [0.29, 0.717) is 11.8 Å². The normalized spacial score (nSPS) is 11.7. The summed E-state index contributed by atoms with van der Waals surface area (Å²) in [4.78, 5) is 4.78. The van der Waals surface area contributed by atoms with Crippen molar-refractivity contribution in [1.29, 1.82) is 0 Å². The highest BCUT2D eigenvalue weighted by Gasteiger charge is 2.22. The minimum absolute atomic E-state index is 0.410. The van der Waals surface area contributed by atoms with Crippen LogP contribution in [0.2, 0.25) is 0 Å². The topological polar surface area (TPSA) is 19.6 Å². The van der Waals surface area contributed by atoms with E-state index < -0.39 is 0 Å². The maximum absolute atomic E-state index is 6.81. The molecule has 1 heterocycles. The number of hydrogen-bond donors (Lipinski definition) is 0. The molecule has 3 nitrogen and oxygen atoms in total. The first kappa shape index (κ1) is 39.9. The molecule has 0 fully saturated rings. The number of hydrogen-bond acceptors (Lipinski definition) is 3. The Morgan fingerprint density at radius 2 is 0.708 bits per heavy atom. The van der Waals surface area contributed by atoms with Crippen LogP contribution in [0.25, 0.3) is 65.7 Å². The van der Waals surface area contributed by atoms with Gasteiger partial charge in [-0.1, -0.05) is 149 Å². The summed E-state index contributed by atoms with van der Waals surface area (Å²) in [7, 11) is 0. The second-order valence-electron chi connectivity index (χ2n) is 17.8. The molecule has 65 heavy (non-hydrogen) atoms. The van der Waals surface area contributed by atoms with Crippen molar-refractivity contribution in [2.24, 2.45) is 0 Å². The Bertz CT molecular complexity index is 3250. The molecule has 314 valence electrons. The predicted octanol–water partition coefficient (Wildman–Crippen LogP) is 18.4. The van der Waals surface area contributed by atoms with Crippen molar-refractivity contribution in [2.75, 3.05) is 9.80 Å². The van der Waals surface area contributed by atoms with Gasteiger partial charge in [0.2, 0.25) is 0 Å². The van der Waals surface area contributed by atoms with Gasteiger partial charge in [-0.15, -0.1) is 0 Å². The minimum atomic E-state index is 0.410. The van der Waals surface area contributed by atoms with Crippen molar-refractivity contribution >= 4 is 77.6 Å². The molecule has 0 aliphatic rings. The van der Waals surface area contributed by atoms with E-state index in [1.165, 1.54) is 44.2 Å². The largest absolute Gasteiger partial charge is 0.456 e. The van der Waals surface area contributed by atoms with Crippen molar-refractivity contribution in [3.63, 3.8) is 0 Å². The Kier molecular flexibility index (Phi) is 10.2. The van der Waals surface area contributed by atoms with Gasteiger partial charge in [0.25, 0.3) is 0 Å². The van der Waals surface area contributed by atoms with Crippen LogP contribution in [-0.2, 0) is 0 Å². The molecule has 11 rings (SSSR count). The molecule has 0 aliphatic heterocycles. The molecule has 0 N–H and O–H groups in total. The Balaban J connectivity index is 1.03. The Hall–Kier alpha value is -7.88. The van der Waals surface area contributed by atoms with Gasteiger partial charge in [0, 0.05) is 44.6 Å². The molecule has 11 aromatic rings. The van der Waals surface area contributed by atoms with Gasteiger partial charge in [-0.25, -0.2) is 0 Å². The lowest BCUT2D eigenvalue weighted by Crippen LogP contribution is -2.11. The van der Waals surface area contributed by atoms with Crippen LogP contribution in [0, 0.1) is 0 Å². The third-order valence-electron chi connectivity index (χ3n) is 12.9. The zero-order chi connectivity index (χ0) is 44.0. The zero-order valence-electron chi connectivity index (χ0n) is 37.2. The van der Waals surface area contributed by atoms with E-state index in [9.17, 15) is 0 Å². The lowest BCUT2D eigenvalue weighted by atomic mass is 9.94. The highest BCUT2D eigenvalue weighted by molar-refractivity contribution is 6.14. The average Bonchev–Trinajstić information content (AvgIpc) is 3.69. The number of fused-ring (bicyclic) bond motifs is 5. The van der Waals surface area contributed by atoms with Gasteiger partial charge >= 0.3 is 0 Å². The quantitative estimate of drug-likeness (QED) is 0.137. The number of furan rings is 1. The van der Waals surface area contributed by atoms with Crippen molar-refractivity contribution in [2.45, 2.75) is 39.5 Å². The van der Waals surface area contributed by atoms with Gasteiger partial charge in [0.1, 0.15) is 11.2 Å². The van der Waals surface area contributed by atoms with E-state index in [1.807, 2.05) is 0 Å². The standard InChI is InChI=1S/C62H50N2O/c1-41(2)45-27-31-59(55(35-45)43-17-9-5-10-18-43)63(51-21-13-7-14-22-51)53-29-25-47-37-57-58-38-48-26-30-54(34-50(48)40-62(58)65-61(57)39-49(47)33-53)64(52-23-15-8-16-24-52)60-32-28-46(42(3)4)36-56(60)44-19-11-6-12-20-44/h5-42H,1-4H3. The van der Waals surface area contributed by atoms with Gasteiger partial charge < -0.3 is 14.2 Å². The monoisotopic (exact) mass is 838 g/mol. The summed E-state index contributed by atoms with van der Waals surface area (Å²) >= 11 is 0. The maximum atomic E-state index is 6.81. The van der Waals surface area contributed by atoms with Crippen LogP contribution in [0.1, 0.15) is 50.7 Å². The zero-order valence-corrected chi connectivity index (χ0v) is 37.2. The molecule has 0 unspecified atom stereocenters. The fraction of sp³-hybridized carbons (Fsp3) is 0.0968. The minimum Gasteiger partial charge on any atom is -0.456 e. The van der Waals surface area contributed by atoms with Crippen LogP contribution in [0.15, 0.2) is 223 Å². The molecule has 0 radical (unpaired) electrons. The highest BCUT2D eigenvalue weighted by atomic mass is 16.3. The molecule has 0 aliphatic carbocycles. The van der Waals surface area contributed by atoms with Crippen LogP contribution in [0.4, 0.5) is 34.1 Å². The molecule has 0 saturated carbocycles. The summed E-state index contributed by atoms with van der Waals surface area (Å²) in [6, 6.07) is 79.4. The van der Waals surface area contributed by atoms with E-state index in [1.54, 1.807) is 0 Å². The van der Waals surface area contributed by atoms with E-state index in [4.69, 9.17) is 4.42 Å². The first-order valence-corrected chi connectivity index (χ1v) is 22.8. The number of anilines is 6. The van der Waals surface area contributed by atoms with Crippen molar-refractivity contribution in [3.8, 4) is 22.3 Å². The third kappa shape index (κ3) is 7.49. The van der Waals surface area contributed by atoms with Gasteiger partial charge in [-0.3, -0.25) is 0 Å². The molecule has 0 spiro atoms. The average molecular weight is 839 g/mol. The Morgan fingerprint density at radius 3 is 1.09 bits per heavy atom. The number of nitrogens with zero attached hydrogens (tertiary/aromatic N) is 2. The van der Waals surface area contributed by atoms with Crippen LogP contribution in [-0.4, -0.2) is 0 Å². The summed E-state index contributed by atoms with van der Waals surface area (Å²) in [6.45, 7) is 9.04. The predicted molar refractivity (Wildman–Crippen MR) is 277 cm³/mol. The lowest BCUT2D eigenvalue weighted by molar-refractivity contribution is 0.670. The molecular weight excluding hydrogens is 789 g/mol. The summed E-state index contributed by atoms with van der Waals surface area (Å²) in [5.74, 6) is 0.820. The summed E-state index contributed by atoms with van der Waals surface area (Å²) < 4.78 is 6.81. The van der Waals surface area contributed by atoms with E-state index in [2.05, 4.69) is 256 Å². The van der Waals surface area contributed by atoms with Crippen LogP contribution in [0.3, 0.4) is 0 Å². The van der Waals surface area contributed by atoms with Crippen LogP contribution >= 0.6 is 0 Å². The van der Waals surface area contributed by atoms with Gasteiger partial charge in [-0.2, -0.15) is 0 Å². The molecular formula is C62H50N2O. The molecule has 1 aromatic heterocycles. The number of para-hydroxylation sites is 2. The van der Waals surface area contributed by atoms with Crippen molar-refractivity contribution in [3.05, 3.63) is 230 Å². The number of benzene rings is 10. The number of rotatable bonds is 10.